The lowest BCUT2D eigenvalue weighted by atomic mass is 9.85. The molecule has 7 heteroatoms. The Kier molecular flexibility index (Phi) is 6.77. The maximum absolute atomic E-state index is 12.1. The second-order valence-corrected chi connectivity index (χ2v) is 8.14. The third kappa shape index (κ3) is 5.89. The predicted octanol–water partition coefficient (Wildman–Crippen LogP) is 1.29. The lowest BCUT2D eigenvalue weighted by Gasteiger charge is -2.24. The fourth-order valence-corrected chi connectivity index (χ4v) is 3.71. The predicted molar refractivity (Wildman–Crippen MR) is 93.7 cm³/mol. The van der Waals surface area contributed by atoms with E-state index in [1.54, 1.807) is 12.1 Å². The zero-order valence-corrected chi connectivity index (χ0v) is 14.7. The molecule has 2 rings (SSSR count). The summed E-state index contributed by atoms with van der Waals surface area (Å²) in [6.07, 6.45) is 7.51. The van der Waals surface area contributed by atoms with Crippen molar-refractivity contribution in [3.8, 4) is 0 Å². The number of hydrogen-bond donors (Lipinski definition) is 3. The zero-order valence-electron chi connectivity index (χ0n) is 13.9. The molecule has 0 heterocycles. The maximum Gasteiger partial charge on any atom is 0.238 e. The number of nitrogens with two attached hydrogens (primary N) is 2. The van der Waals surface area contributed by atoms with Gasteiger partial charge in [-0.05, 0) is 36.5 Å². The van der Waals surface area contributed by atoms with Crippen molar-refractivity contribution in [3.05, 3.63) is 29.8 Å². The Hall–Kier alpha value is -1.44. The molecule has 0 radical (unpaired) electrons. The van der Waals surface area contributed by atoms with Crippen molar-refractivity contribution in [1.82, 2.24) is 5.32 Å². The lowest BCUT2D eigenvalue weighted by Crippen LogP contribution is -2.42. The van der Waals surface area contributed by atoms with Gasteiger partial charge >= 0.3 is 0 Å². The SMILES string of the molecule is NC(CC1CCCCC1)C(=O)NCCc1ccc(S(N)(=O)=O)cc1. The van der Waals surface area contributed by atoms with Crippen molar-refractivity contribution < 1.29 is 13.2 Å². The molecule has 0 saturated heterocycles. The standard InChI is InChI=1S/C17H27N3O3S/c18-16(12-14-4-2-1-3-5-14)17(21)20-11-10-13-6-8-15(9-7-13)24(19,22)23/h6-9,14,16H,1-5,10-12,18H2,(H,20,21)(H2,19,22,23). The van der Waals surface area contributed by atoms with Gasteiger partial charge in [0.05, 0.1) is 10.9 Å². The van der Waals surface area contributed by atoms with Gasteiger partial charge in [-0.1, -0.05) is 44.2 Å². The van der Waals surface area contributed by atoms with E-state index in [0.717, 1.165) is 12.0 Å². The molecule has 1 unspecified atom stereocenters. The number of carbonyl (C=O) groups excluding carboxylic acids is 1. The van der Waals surface area contributed by atoms with Crippen LogP contribution in [0.4, 0.5) is 0 Å². The molecule has 0 aliphatic heterocycles. The second-order valence-electron chi connectivity index (χ2n) is 6.58. The first-order valence-electron chi connectivity index (χ1n) is 8.51. The van der Waals surface area contributed by atoms with Gasteiger partial charge < -0.3 is 11.1 Å². The number of rotatable bonds is 7. The van der Waals surface area contributed by atoms with Crippen molar-refractivity contribution in [2.24, 2.45) is 16.8 Å². The normalized spacial score (nSPS) is 17.4. The summed E-state index contributed by atoms with van der Waals surface area (Å²) in [6, 6.07) is 5.91. The fraction of sp³-hybridized carbons (Fsp3) is 0.588. The summed E-state index contributed by atoms with van der Waals surface area (Å²) in [4.78, 5) is 12.1. The van der Waals surface area contributed by atoms with Gasteiger partial charge in [-0.25, -0.2) is 13.6 Å². The van der Waals surface area contributed by atoms with Crippen molar-refractivity contribution in [2.75, 3.05) is 6.54 Å². The van der Waals surface area contributed by atoms with E-state index in [9.17, 15) is 13.2 Å². The third-order valence-electron chi connectivity index (χ3n) is 4.61. The monoisotopic (exact) mass is 353 g/mol. The van der Waals surface area contributed by atoms with Gasteiger partial charge in [0.2, 0.25) is 15.9 Å². The first-order valence-corrected chi connectivity index (χ1v) is 10.1. The minimum Gasteiger partial charge on any atom is -0.354 e. The number of carbonyl (C=O) groups is 1. The average molecular weight is 353 g/mol. The molecule has 1 aromatic carbocycles. The third-order valence-corrected chi connectivity index (χ3v) is 5.54. The van der Waals surface area contributed by atoms with E-state index < -0.39 is 16.1 Å². The van der Waals surface area contributed by atoms with E-state index in [1.165, 1.54) is 44.2 Å². The highest BCUT2D eigenvalue weighted by Gasteiger charge is 2.20. The van der Waals surface area contributed by atoms with Crippen LogP contribution in [0.1, 0.15) is 44.1 Å². The Bertz CT molecular complexity index is 638. The molecule has 1 atom stereocenters. The highest BCUT2D eigenvalue weighted by Crippen LogP contribution is 2.26. The molecule has 6 nitrogen and oxygen atoms in total. The van der Waals surface area contributed by atoms with Crippen LogP contribution in [0, 0.1) is 5.92 Å². The molecule has 0 bridgehead atoms. The summed E-state index contributed by atoms with van der Waals surface area (Å²) in [6.45, 7) is 0.478. The summed E-state index contributed by atoms with van der Waals surface area (Å²) in [5.41, 5.74) is 6.94. The average Bonchev–Trinajstić information content (AvgIpc) is 2.55. The van der Waals surface area contributed by atoms with E-state index in [4.69, 9.17) is 10.9 Å². The summed E-state index contributed by atoms with van der Waals surface area (Å²) in [5, 5.41) is 7.92. The van der Waals surface area contributed by atoms with Crippen LogP contribution in [0.3, 0.4) is 0 Å². The summed E-state index contributed by atoms with van der Waals surface area (Å²) < 4.78 is 22.4. The largest absolute Gasteiger partial charge is 0.354 e. The number of nitrogens with one attached hydrogen (secondary N) is 1. The van der Waals surface area contributed by atoms with Gasteiger partial charge in [0.15, 0.2) is 0 Å². The van der Waals surface area contributed by atoms with Gasteiger partial charge in [-0.15, -0.1) is 0 Å². The van der Waals surface area contributed by atoms with Crippen molar-refractivity contribution >= 4 is 15.9 Å². The van der Waals surface area contributed by atoms with Gasteiger partial charge in [0.25, 0.3) is 0 Å². The molecular weight excluding hydrogens is 326 g/mol. The Morgan fingerprint density at radius 3 is 2.38 bits per heavy atom. The summed E-state index contributed by atoms with van der Waals surface area (Å²) in [5.74, 6) is 0.465. The van der Waals surface area contributed by atoms with Gasteiger partial charge in [-0.2, -0.15) is 0 Å². The maximum atomic E-state index is 12.1. The molecule has 1 aliphatic rings. The molecule has 1 aromatic rings. The smallest absolute Gasteiger partial charge is 0.238 e. The minimum atomic E-state index is -3.67. The number of hydrogen-bond acceptors (Lipinski definition) is 4. The van der Waals surface area contributed by atoms with Crippen LogP contribution in [0.15, 0.2) is 29.2 Å². The molecule has 1 aliphatic carbocycles. The van der Waals surface area contributed by atoms with Gasteiger partial charge in [-0.3, -0.25) is 4.79 Å². The van der Waals surface area contributed by atoms with Gasteiger partial charge in [0.1, 0.15) is 0 Å². The highest BCUT2D eigenvalue weighted by molar-refractivity contribution is 7.89. The Balaban J connectivity index is 1.73. The van der Waals surface area contributed by atoms with Crippen LogP contribution >= 0.6 is 0 Å². The first-order chi connectivity index (χ1) is 11.4. The highest BCUT2D eigenvalue weighted by atomic mass is 32.2. The van der Waals surface area contributed by atoms with Crippen LogP contribution in [0.25, 0.3) is 0 Å². The topological polar surface area (TPSA) is 115 Å². The van der Waals surface area contributed by atoms with Crippen molar-refractivity contribution in [1.29, 1.82) is 0 Å². The minimum absolute atomic E-state index is 0.0878. The summed E-state index contributed by atoms with van der Waals surface area (Å²) >= 11 is 0. The van der Waals surface area contributed by atoms with Crippen LogP contribution in [0.5, 0.6) is 0 Å². The number of amides is 1. The fourth-order valence-electron chi connectivity index (χ4n) is 3.20. The van der Waals surface area contributed by atoms with E-state index >= 15 is 0 Å². The lowest BCUT2D eigenvalue weighted by molar-refractivity contribution is -0.122. The molecule has 1 saturated carbocycles. The zero-order chi connectivity index (χ0) is 17.6. The van der Waals surface area contributed by atoms with Crippen LogP contribution < -0.4 is 16.2 Å². The van der Waals surface area contributed by atoms with E-state index in [1.807, 2.05) is 0 Å². The van der Waals surface area contributed by atoms with Crippen LogP contribution in [-0.4, -0.2) is 26.9 Å². The Morgan fingerprint density at radius 2 is 1.79 bits per heavy atom. The quantitative estimate of drug-likeness (QED) is 0.685. The van der Waals surface area contributed by atoms with E-state index in [-0.39, 0.29) is 10.8 Å². The molecule has 24 heavy (non-hydrogen) atoms. The molecule has 1 fully saturated rings. The van der Waals surface area contributed by atoms with Crippen molar-refractivity contribution in [3.63, 3.8) is 0 Å². The van der Waals surface area contributed by atoms with Crippen LogP contribution in [0.2, 0.25) is 0 Å². The first kappa shape index (κ1) is 18.9. The Labute approximate surface area is 144 Å². The van der Waals surface area contributed by atoms with Crippen LogP contribution in [-0.2, 0) is 21.2 Å². The number of sulfonamides is 1. The second kappa shape index (κ2) is 8.60. The molecule has 0 spiro atoms. The van der Waals surface area contributed by atoms with E-state index in [2.05, 4.69) is 5.32 Å². The molecular formula is C17H27N3O3S. The number of primary sulfonamides is 1. The molecule has 1 amide bonds. The molecule has 134 valence electrons. The number of benzene rings is 1. The molecule has 0 aromatic heterocycles. The summed E-state index contributed by atoms with van der Waals surface area (Å²) in [7, 11) is -3.67. The van der Waals surface area contributed by atoms with Gasteiger partial charge in [0, 0.05) is 6.54 Å². The Morgan fingerprint density at radius 1 is 1.17 bits per heavy atom. The molecule has 5 N–H and O–H groups in total. The van der Waals surface area contributed by atoms with Crippen molar-refractivity contribution in [2.45, 2.75) is 55.9 Å². The van der Waals surface area contributed by atoms with E-state index in [0.29, 0.717) is 18.9 Å².